The summed E-state index contributed by atoms with van der Waals surface area (Å²) in [5.74, 6) is 1.17. The summed E-state index contributed by atoms with van der Waals surface area (Å²) >= 11 is 1.21. The molecule has 0 bridgehead atoms. The fourth-order valence-electron chi connectivity index (χ4n) is 2.26. The molecule has 3 aromatic rings. The molecule has 0 saturated carbocycles. The minimum absolute atomic E-state index is 0.101. The number of primary amides is 1. The van der Waals surface area contributed by atoms with Crippen LogP contribution in [0.2, 0.25) is 0 Å². The molecule has 2 aromatic carbocycles. The number of carbonyl (C=O) groups excluding carboxylic acids is 1. The molecule has 1 heterocycles. The first-order valence-electron chi connectivity index (χ1n) is 7.39. The fraction of sp³-hybridized carbons (Fsp3) is 0.118. The zero-order valence-electron chi connectivity index (χ0n) is 13.4. The Morgan fingerprint density at radius 3 is 2.44 bits per heavy atom. The standard InChI is InChI=1S/C17H16N4O3S/c1-24-14-8-4-12(5-9-14)21-16(11-2-6-13(22)7-3-11)19-20-17(21)25-10-15(18)23/h2-9,22H,10H2,1H3,(H2,18,23). The van der Waals surface area contributed by atoms with Gasteiger partial charge in [0.1, 0.15) is 11.5 Å². The Labute approximate surface area is 148 Å². The highest BCUT2D eigenvalue weighted by molar-refractivity contribution is 7.99. The van der Waals surface area contributed by atoms with E-state index >= 15 is 0 Å². The Morgan fingerprint density at radius 2 is 1.84 bits per heavy atom. The molecule has 0 spiro atoms. The molecule has 1 amide bonds. The van der Waals surface area contributed by atoms with E-state index in [0.29, 0.717) is 11.0 Å². The molecule has 25 heavy (non-hydrogen) atoms. The van der Waals surface area contributed by atoms with Gasteiger partial charge >= 0.3 is 0 Å². The van der Waals surface area contributed by atoms with E-state index in [1.807, 2.05) is 28.8 Å². The number of ether oxygens (including phenoxy) is 1. The Bertz CT molecular complexity index is 876. The molecule has 1 aromatic heterocycles. The van der Waals surface area contributed by atoms with E-state index in [9.17, 15) is 9.90 Å². The van der Waals surface area contributed by atoms with Crippen LogP contribution in [0.4, 0.5) is 0 Å². The van der Waals surface area contributed by atoms with Crippen LogP contribution in [0.3, 0.4) is 0 Å². The van der Waals surface area contributed by atoms with Crippen LogP contribution in [0.25, 0.3) is 17.1 Å². The van der Waals surface area contributed by atoms with Crippen LogP contribution in [0, 0.1) is 0 Å². The first-order valence-corrected chi connectivity index (χ1v) is 8.37. The number of carbonyl (C=O) groups is 1. The third-order valence-electron chi connectivity index (χ3n) is 3.43. The second-order valence-electron chi connectivity index (χ2n) is 5.14. The summed E-state index contributed by atoms with van der Waals surface area (Å²) in [5.41, 5.74) is 6.84. The topological polar surface area (TPSA) is 103 Å². The van der Waals surface area contributed by atoms with Crippen LogP contribution >= 0.6 is 11.8 Å². The van der Waals surface area contributed by atoms with Crippen LogP contribution in [0.15, 0.2) is 53.7 Å². The van der Waals surface area contributed by atoms with Gasteiger partial charge in [-0.25, -0.2) is 0 Å². The monoisotopic (exact) mass is 356 g/mol. The van der Waals surface area contributed by atoms with Crippen molar-refractivity contribution in [2.75, 3.05) is 12.9 Å². The number of thioether (sulfide) groups is 1. The van der Waals surface area contributed by atoms with Crippen molar-refractivity contribution in [3.63, 3.8) is 0 Å². The minimum Gasteiger partial charge on any atom is -0.508 e. The molecule has 0 aliphatic heterocycles. The summed E-state index contributed by atoms with van der Waals surface area (Å²) < 4.78 is 7.02. The number of phenolic OH excluding ortho intramolecular Hbond substituents is 1. The summed E-state index contributed by atoms with van der Waals surface area (Å²) in [6.45, 7) is 0. The molecule has 0 aliphatic rings. The zero-order chi connectivity index (χ0) is 17.8. The molecule has 3 N–H and O–H groups in total. The van der Waals surface area contributed by atoms with Gasteiger partial charge in [-0.2, -0.15) is 0 Å². The molecule has 7 nitrogen and oxygen atoms in total. The quantitative estimate of drug-likeness (QED) is 0.657. The summed E-state index contributed by atoms with van der Waals surface area (Å²) in [6, 6.07) is 14.1. The summed E-state index contributed by atoms with van der Waals surface area (Å²) in [4.78, 5) is 11.1. The number of methoxy groups -OCH3 is 1. The van der Waals surface area contributed by atoms with Gasteiger partial charge in [0.05, 0.1) is 12.9 Å². The van der Waals surface area contributed by atoms with E-state index in [4.69, 9.17) is 10.5 Å². The van der Waals surface area contributed by atoms with Crippen molar-refractivity contribution in [3.05, 3.63) is 48.5 Å². The zero-order valence-corrected chi connectivity index (χ0v) is 14.2. The molecule has 0 aliphatic carbocycles. The van der Waals surface area contributed by atoms with Crippen LogP contribution in [-0.2, 0) is 4.79 Å². The maximum absolute atomic E-state index is 11.1. The summed E-state index contributed by atoms with van der Waals surface area (Å²) in [7, 11) is 1.60. The number of rotatable bonds is 6. The number of phenols is 1. The molecule has 0 fully saturated rings. The average molecular weight is 356 g/mol. The van der Waals surface area contributed by atoms with E-state index in [0.717, 1.165) is 17.0 Å². The fourth-order valence-corrected chi connectivity index (χ4v) is 2.95. The predicted octanol–water partition coefficient (Wildman–Crippen LogP) is 2.23. The smallest absolute Gasteiger partial charge is 0.227 e. The lowest BCUT2D eigenvalue weighted by atomic mass is 10.2. The molecule has 0 unspecified atom stereocenters. The second kappa shape index (κ2) is 7.27. The Balaban J connectivity index is 2.08. The van der Waals surface area contributed by atoms with Gasteiger partial charge in [-0.15, -0.1) is 10.2 Å². The van der Waals surface area contributed by atoms with Crippen molar-refractivity contribution in [1.29, 1.82) is 0 Å². The Hall–Kier alpha value is -3.00. The van der Waals surface area contributed by atoms with Gasteiger partial charge < -0.3 is 15.6 Å². The first kappa shape index (κ1) is 16.8. The van der Waals surface area contributed by atoms with Gasteiger partial charge in [-0.1, -0.05) is 11.8 Å². The number of nitrogens with zero attached hydrogens (tertiary/aromatic N) is 3. The van der Waals surface area contributed by atoms with Gasteiger partial charge in [-0.05, 0) is 48.5 Å². The highest BCUT2D eigenvalue weighted by atomic mass is 32.2. The highest BCUT2D eigenvalue weighted by Gasteiger charge is 2.17. The number of aromatic nitrogens is 3. The SMILES string of the molecule is COc1ccc(-n2c(SCC(N)=O)nnc2-c2ccc(O)cc2)cc1. The van der Waals surface area contributed by atoms with Gasteiger partial charge in [0, 0.05) is 11.3 Å². The van der Waals surface area contributed by atoms with E-state index in [-0.39, 0.29) is 11.5 Å². The van der Waals surface area contributed by atoms with Gasteiger partial charge in [-0.3, -0.25) is 9.36 Å². The van der Waals surface area contributed by atoms with Crippen molar-refractivity contribution in [1.82, 2.24) is 14.8 Å². The van der Waals surface area contributed by atoms with Crippen molar-refractivity contribution in [3.8, 4) is 28.6 Å². The van der Waals surface area contributed by atoms with Gasteiger partial charge in [0.2, 0.25) is 5.91 Å². The average Bonchev–Trinajstić information content (AvgIpc) is 3.04. The Kier molecular flexibility index (Phi) is 4.90. The summed E-state index contributed by atoms with van der Waals surface area (Å²) in [6.07, 6.45) is 0. The van der Waals surface area contributed by atoms with E-state index in [1.54, 1.807) is 31.4 Å². The molecule has 128 valence electrons. The number of amides is 1. The van der Waals surface area contributed by atoms with Crippen molar-refractivity contribution in [2.45, 2.75) is 5.16 Å². The lowest BCUT2D eigenvalue weighted by molar-refractivity contribution is -0.115. The molecular formula is C17H16N4O3S. The number of nitrogens with two attached hydrogens (primary N) is 1. The molecule has 3 rings (SSSR count). The first-order chi connectivity index (χ1) is 12.1. The van der Waals surface area contributed by atoms with Gasteiger partial charge in [0.15, 0.2) is 11.0 Å². The van der Waals surface area contributed by atoms with Crippen molar-refractivity contribution < 1.29 is 14.6 Å². The largest absolute Gasteiger partial charge is 0.508 e. The Morgan fingerprint density at radius 1 is 1.16 bits per heavy atom. The van der Waals surface area contributed by atoms with Crippen molar-refractivity contribution >= 4 is 17.7 Å². The number of benzene rings is 2. The number of aromatic hydroxyl groups is 1. The highest BCUT2D eigenvalue weighted by Crippen LogP contribution is 2.29. The number of hydrogen-bond acceptors (Lipinski definition) is 6. The minimum atomic E-state index is -0.430. The molecule has 0 radical (unpaired) electrons. The predicted molar refractivity (Wildman–Crippen MR) is 94.9 cm³/mol. The second-order valence-corrected chi connectivity index (χ2v) is 6.08. The number of hydrogen-bond donors (Lipinski definition) is 2. The summed E-state index contributed by atoms with van der Waals surface area (Å²) in [5, 5.41) is 18.5. The maximum atomic E-state index is 11.1. The van der Waals surface area contributed by atoms with Crippen LogP contribution < -0.4 is 10.5 Å². The van der Waals surface area contributed by atoms with Gasteiger partial charge in [0.25, 0.3) is 0 Å². The van der Waals surface area contributed by atoms with E-state index in [1.165, 1.54) is 11.8 Å². The van der Waals surface area contributed by atoms with Crippen molar-refractivity contribution in [2.24, 2.45) is 5.73 Å². The van der Waals surface area contributed by atoms with Crippen LogP contribution in [-0.4, -0.2) is 38.6 Å². The van der Waals surface area contributed by atoms with Crippen LogP contribution in [0.5, 0.6) is 11.5 Å². The van der Waals surface area contributed by atoms with E-state index < -0.39 is 5.91 Å². The molecular weight excluding hydrogens is 340 g/mol. The molecule has 0 saturated heterocycles. The lowest BCUT2D eigenvalue weighted by Crippen LogP contribution is -2.13. The third kappa shape index (κ3) is 3.74. The normalized spacial score (nSPS) is 10.6. The molecule has 0 atom stereocenters. The third-order valence-corrected chi connectivity index (χ3v) is 4.38. The van der Waals surface area contributed by atoms with Crippen LogP contribution in [0.1, 0.15) is 0 Å². The lowest BCUT2D eigenvalue weighted by Gasteiger charge is -2.11. The maximum Gasteiger partial charge on any atom is 0.227 e. The molecule has 8 heteroatoms. The van der Waals surface area contributed by atoms with E-state index in [2.05, 4.69) is 10.2 Å².